The van der Waals surface area contributed by atoms with Crippen LogP contribution in [0.5, 0.6) is 0 Å². The van der Waals surface area contributed by atoms with Gasteiger partial charge in [0.15, 0.2) is 0 Å². The Kier molecular flexibility index (Phi) is 9.51. The molecule has 0 radical (unpaired) electrons. The molecule has 5 rings (SSSR count). The van der Waals surface area contributed by atoms with E-state index in [1.54, 1.807) is 23.8 Å². The van der Waals surface area contributed by atoms with Crippen LogP contribution in [0.2, 0.25) is 0 Å². The highest BCUT2D eigenvalue weighted by Gasteiger charge is 2.50. The third-order valence-corrected chi connectivity index (χ3v) is 11.3. The minimum absolute atomic E-state index is 0.00441. The van der Waals surface area contributed by atoms with Crippen molar-refractivity contribution < 1.29 is 27.5 Å². The lowest BCUT2D eigenvalue weighted by molar-refractivity contribution is -0.168. The topological polar surface area (TPSA) is 107 Å². The van der Waals surface area contributed by atoms with Crippen LogP contribution < -0.4 is 26.6 Å². The number of ether oxygens (including phenoxy) is 1. The van der Waals surface area contributed by atoms with Crippen LogP contribution in [-0.2, 0) is 14.3 Å². The van der Waals surface area contributed by atoms with Crippen molar-refractivity contribution in [1.82, 2.24) is 31.5 Å². The summed E-state index contributed by atoms with van der Waals surface area (Å²) < 4.78 is 45.7. The molecule has 0 saturated carbocycles. The van der Waals surface area contributed by atoms with Crippen LogP contribution in [0.25, 0.3) is 0 Å². The summed E-state index contributed by atoms with van der Waals surface area (Å²) in [6.45, 7) is 6.07. The standard InChI is InChI=1S/C26H42ClF3N6O3S/c1-12-4-5-20(26(28,29)30)34-22(12)24(38)36-10-17-19(11-36)40-25(33-17)35-23(37)16-8-31-13(2)6-14(16)15-7-21(27)32-9-18(15)39-3/h12-22,25,31-34H,4-11H2,1-3H3,(H,35,37). The number of nitrogens with zero attached hydrogens (tertiary/aromatic N) is 1. The quantitative estimate of drug-likeness (QED) is 0.235. The molecule has 2 amide bonds. The second kappa shape index (κ2) is 12.4. The van der Waals surface area contributed by atoms with Crippen LogP contribution in [0, 0.1) is 23.7 Å². The fourth-order valence-corrected chi connectivity index (χ4v) is 8.98. The third kappa shape index (κ3) is 6.55. The maximum Gasteiger partial charge on any atom is 0.403 e. The summed E-state index contributed by atoms with van der Waals surface area (Å²) >= 11 is 8.03. The Labute approximate surface area is 243 Å². The smallest absolute Gasteiger partial charge is 0.380 e. The molecule has 0 aromatic heterocycles. The van der Waals surface area contributed by atoms with Crippen molar-refractivity contribution in [2.75, 3.05) is 33.3 Å². The zero-order chi connectivity index (χ0) is 28.8. The number of methoxy groups -OCH3 is 1. The first-order valence-corrected chi connectivity index (χ1v) is 15.8. The zero-order valence-electron chi connectivity index (χ0n) is 23.2. The molecule has 12 unspecified atom stereocenters. The molecule has 0 aromatic rings. The molecule has 5 saturated heterocycles. The fourth-order valence-electron chi connectivity index (χ4n) is 7.28. The second-order valence-corrected chi connectivity index (χ2v) is 14.1. The Morgan fingerprint density at radius 1 is 1.05 bits per heavy atom. The zero-order valence-corrected chi connectivity index (χ0v) is 24.7. The van der Waals surface area contributed by atoms with E-state index in [4.69, 9.17) is 16.3 Å². The Morgan fingerprint density at radius 3 is 2.52 bits per heavy atom. The molecule has 5 aliphatic heterocycles. The van der Waals surface area contributed by atoms with Gasteiger partial charge in [-0.25, -0.2) is 0 Å². The number of hydrogen-bond donors (Lipinski definition) is 5. The predicted molar refractivity (Wildman–Crippen MR) is 148 cm³/mol. The Balaban J connectivity index is 1.16. The van der Waals surface area contributed by atoms with Gasteiger partial charge >= 0.3 is 6.18 Å². The van der Waals surface area contributed by atoms with Gasteiger partial charge in [0.25, 0.3) is 0 Å². The van der Waals surface area contributed by atoms with Crippen molar-refractivity contribution in [3.8, 4) is 0 Å². The molecule has 0 aliphatic carbocycles. The number of amides is 2. The normalized spacial score (nSPS) is 44.3. The highest BCUT2D eigenvalue weighted by atomic mass is 35.5. The maximum atomic E-state index is 13.6. The number of carbonyl (C=O) groups excluding carboxylic acids is 2. The van der Waals surface area contributed by atoms with Gasteiger partial charge in [0.1, 0.15) is 11.5 Å². The molecule has 228 valence electrons. The van der Waals surface area contributed by atoms with Gasteiger partial charge in [-0.3, -0.25) is 25.5 Å². The molecule has 9 nitrogen and oxygen atoms in total. The highest BCUT2D eigenvalue weighted by molar-refractivity contribution is 8.00. The van der Waals surface area contributed by atoms with E-state index < -0.39 is 18.3 Å². The molecule has 5 heterocycles. The molecule has 5 aliphatic rings. The number of halogens is 4. The number of piperidine rings is 3. The second-order valence-electron chi connectivity index (χ2n) is 12.2. The van der Waals surface area contributed by atoms with Crippen LogP contribution in [0.3, 0.4) is 0 Å². The van der Waals surface area contributed by atoms with Crippen LogP contribution in [-0.4, -0.2) is 103 Å². The summed E-state index contributed by atoms with van der Waals surface area (Å²) in [7, 11) is 1.71. The molecule has 14 heteroatoms. The third-order valence-electron chi connectivity index (χ3n) is 9.56. The fraction of sp³-hybridized carbons (Fsp3) is 0.923. The number of hydrogen-bond acceptors (Lipinski definition) is 8. The van der Waals surface area contributed by atoms with Crippen LogP contribution in [0.4, 0.5) is 13.2 Å². The van der Waals surface area contributed by atoms with E-state index in [9.17, 15) is 22.8 Å². The molecule has 5 fully saturated rings. The lowest BCUT2D eigenvalue weighted by Crippen LogP contribution is -2.59. The van der Waals surface area contributed by atoms with Crippen molar-refractivity contribution >= 4 is 35.2 Å². The Morgan fingerprint density at radius 2 is 1.82 bits per heavy atom. The molecular formula is C26H42ClF3N6O3S. The first-order chi connectivity index (χ1) is 18.9. The minimum Gasteiger partial charge on any atom is -0.380 e. The first kappa shape index (κ1) is 30.6. The number of carbonyl (C=O) groups is 2. The molecule has 40 heavy (non-hydrogen) atoms. The van der Waals surface area contributed by atoms with E-state index in [-0.39, 0.29) is 70.3 Å². The number of thioether (sulfide) groups is 1. The number of alkyl halides is 4. The van der Waals surface area contributed by atoms with E-state index in [2.05, 4.69) is 33.5 Å². The molecule has 0 bridgehead atoms. The summed E-state index contributed by atoms with van der Waals surface area (Å²) in [5.41, 5.74) is -0.429. The average molecular weight is 611 g/mol. The van der Waals surface area contributed by atoms with Crippen molar-refractivity contribution in [3.05, 3.63) is 0 Å². The highest BCUT2D eigenvalue weighted by Crippen LogP contribution is 2.39. The van der Waals surface area contributed by atoms with Gasteiger partial charge in [0.2, 0.25) is 11.8 Å². The SMILES string of the molecule is COC1CNC(Cl)CC1C1CC(C)NCC1C(=O)NC1NC2CN(C(=O)C3NC(C(F)(F)F)CCC3C)CC2S1. The minimum atomic E-state index is -4.36. The van der Waals surface area contributed by atoms with E-state index in [0.29, 0.717) is 38.6 Å². The van der Waals surface area contributed by atoms with E-state index in [0.717, 1.165) is 12.8 Å². The van der Waals surface area contributed by atoms with Crippen molar-refractivity contribution in [2.24, 2.45) is 23.7 Å². The summed E-state index contributed by atoms with van der Waals surface area (Å²) in [5, 5.41) is 16.0. The monoisotopic (exact) mass is 610 g/mol. The van der Waals surface area contributed by atoms with Gasteiger partial charge in [-0.2, -0.15) is 13.2 Å². The molecule has 5 N–H and O–H groups in total. The van der Waals surface area contributed by atoms with Gasteiger partial charge < -0.3 is 20.3 Å². The first-order valence-electron chi connectivity index (χ1n) is 14.4. The van der Waals surface area contributed by atoms with E-state index in [1.807, 2.05) is 6.92 Å². The van der Waals surface area contributed by atoms with Gasteiger partial charge in [-0.1, -0.05) is 6.92 Å². The molecule has 0 aromatic carbocycles. The largest absolute Gasteiger partial charge is 0.403 e. The summed E-state index contributed by atoms with van der Waals surface area (Å²) in [6.07, 6.45) is -2.41. The molecule has 12 atom stereocenters. The maximum absolute atomic E-state index is 13.6. The number of rotatable bonds is 5. The van der Waals surface area contributed by atoms with Gasteiger partial charge in [0.05, 0.1) is 23.6 Å². The summed E-state index contributed by atoms with van der Waals surface area (Å²) in [6, 6.07) is -2.22. The van der Waals surface area contributed by atoms with Gasteiger partial charge in [-0.05, 0) is 50.4 Å². The summed E-state index contributed by atoms with van der Waals surface area (Å²) in [5.74, 6) is -0.358. The average Bonchev–Trinajstić information content (AvgIpc) is 3.46. The predicted octanol–water partition coefficient (Wildman–Crippen LogP) is 1.42. The summed E-state index contributed by atoms with van der Waals surface area (Å²) in [4.78, 5) is 28.5. The molecule has 0 spiro atoms. The molecular weight excluding hydrogens is 569 g/mol. The van der Waals surface area contributed by atoms with Gasteiger partial charge in [-0.15, -0.1) is 23.4 Å². The van der Waals surface area contributed by atoms with Gasteiger partial charge in [0, 0.05) is 50.6 Å². The van der Waals surface area contributed by atoms with Crippen molar-refractivity contribution in [2.45, 2.75) is 92.2 Å². The van der Waals surface area contributed by atoms with Crippen LogP contribution in [0.1, 0.15) is 39.5 Å². The van der Waals surface area contributed by atoms with Crippen molar-refractivity contribution in [1.29, 1.82) is 0 Å². The van der Waals surface area contributed by atoms with E-state index >= 15 is 0 Å². The number of nitrogens with one attached hydrogen (secondary N) is 5. The number of fused-ring (bicyclic) bond motifs is 1. The number of likely N-dealkylation sites (tertiary alicyclic amines) is 1. The lowest BCUT2D eigenvalue weighted by Gasteiger charge is -2.45. The van der Waals surface area contributed by atoms with E-state index in [1.165, 1.54) is 0 Å². The lowest BCUT2D eigenvalue weighted by atomic mass is 9.70. The Bertz CT molecular complexity index is 923. The Hall–Kier alpha value is -0.830. The van der Waals surface area contributed by atoms with Crippen molar-refractivity contribution in [3.63, 3.8) is 0 Å². The van der Waals surface area contributed by atoms with Crippen LogP contribution in [0.15, 0.2) is 0 Å². The van der Waals surface area contributed by atoms with Crippen LogP contribution >= 0.6 is 23.4 Å².